The van der Waals surface area contributed by atoms with Gasteiger partial charge in [-0.1, -0.05) is 0 Å². The fraction of sp³-hybridized carbons (Fsp3) is 0.308. The maximum absolute atomic E-state index is 4.41. The van der Waals surface area contributed by atoms with Crippen molar-refractivity contribution in [3.63, 3.8) is 0 Å². The molecule has 0 spiro atoms. The molecule has 2 aromatic heterocycles. The van der Waals surface area contributed by atoms with Crippen molar-refractivity contribution in [3.8, 4) is 0 Å². The Morgan fingerprint density at radius 3 is 2.47 bits per heavy atom. The summed E-state index contributed by atoms with van der Waals surface area (Å²) in [5.41, 5.74) is 5.00. The van der Waals surface area contributed by atoms with Gasteiger partial charge < -0.3 is 5.32 Å². The van der Waals surface area contributed by atoms with Crippen LogP contribution in [0.5, 0.6) is 0 Å². The van der Waals surface area contributed by atoms with E-state index in [2.05, 4.69) is 20.3 Å². The van der Waals surface area contributed by atoms with E-state index < -0.39 is 0 Å². The van der Waals surface area contributed by atoms with Crippen LogP contribution in [0.1, 0.15) is 22.8 Å². The second-order valence-electron chi connectivity index (χ2n) is 4.03. The molecule has 0 saturated carbocycles. The van der Waals surface area contributed by atoms with E-state index in [0.29, 0.717) is 6.54 Å². The molecule has 0 aliphatic carbocycles. The van der Waals surface area contributed by atoms with Gasteiger partial charge in [0.15, 0.2) is 0 Å². The second-order valence-corrected chi connectivity index (χ2v) is 4.03. The predicted molar refractivity (Wildman–Crippen MR) is 67.8 cm³/mol. The maximum atomic E-state index is 4.41. The van der Waals surface area contributed by atoms with Gasteiger partial charge in [-0.25, -0.2) is 0 Å². The fourth-order valence-corrected chi connectivity index (χ4v) is 1.66. The van der Waals surface area contributed by atoms with Crippen molar-refractivity contribution < 1.29 is 0 Å². The summed E-state index contributed by atoms with van der Waals surface area (Å²) in [6, 6.07) is 4.04. The van der Waals surface area contributed by atoms with Crippen LogP contribution in [0.15, 0.2) is 24.5 Å². The Balaban J connectivity index is 2.10. The highest BCUT2D eigenvalue weighted by atomic mass is 14.9. The molecule has 2 rings (SSSR count). The Morgan fingerprint density at radius 2 is 1.76 bits per heavy atom. The monoisotopic (exact) mass is 228 g/mol. The van der Waals surface area contributed by atoms with Gasteiger partial charge in [0.05, 0.1) is 29.3 Å². The van der Waals surface area contributed by atoms with E-state index in [0.717, 1.165) is 28.5 Å². The molecule has 0 aromatic carbocycles. The zero-order valence-corrected chi connectivity index (χ0v) is 10.4. The normalized spacial score (nSPS) is 10.3. The molecule has 17 heavy (non-hydrogen) atoms. The Labute approximate surface area is 101 Å². The van der Waals surface area contributed by atoms with Crippen LogP contribution in [0.25, 0.3) is 0 Å². The lowest BCUT2D eigenvalue weighted by Gasteiger charge is -2.09. The van der Waals surface area contributed by atoms with Crippen molar-refractivity contribution in [2.75, 3.05) is 5.32 Å². The summed E-state index contributed by atoms with van der Waals surface area (Å²) < 4.78 is 0. The molecule has 4 nitrogen and oxygen atoms in total. The molecule has 0 fully saturated rings. The molecule has 88 valence electrons. The third-order valence-corrected chi connectivity index (χ3v) is 2.65. The highest BCUT2D eigenvalue weighted by Gasteiger charge is 2.02. The Bertz CT molecular complexity index is 523. The zero-order valence-electron chi connectivity index (χ0n) is 10.4. The summed E-state index contributed by atoms with van der Waals surface area (Å²) in [6.07, 6.45) is 3.42. The molecular formula is C13H16N4. The highest BCUT2D eigenvalue weighted by Crippen LogP contribution is 2.13. The number of aromatic nitrogens is 3. The third-order valence-electron chi connectivity index (χ3n) is 2.65. The summed E-state index contributed by atoms with van der Waals surface area (Å²) in [6.45, 7) is 6.62. The zero-order chi connectivity index (χ0) is 12.3. The molecule has 0 amide bonds. The molecule has 1 N–H and O–H groups in total. The summed E-state index contributed by atoms with van der Waals surface area (Å²) >= 11 is 0. The number of nitrogens with one attached hydrogen (secondary N) is 1. The van der Waals surface area contributed by atoms with Gasteiger partial charge >= 0.3 is 0 Å². The number of nitrogens with zero attached hydrogens (tertiary/aromatic N) is 3. The number of rotatable bonds is 3. The number of hydrogen-bond acceptors (Lipinski definition) is 4. The molecule has 2 aromatic rings. The second kappa shape index (κ2) is 4.91. The highest BCUT2D eigenvalue weighted by molar-refractivity contribution is 5.47. The quantitative estimate of drug-likeness (QED) is 0.876. The van der Waals surface area contributed by atoms with Crippen molar-refractivity contribution in [2.24, 2.45) is 0 Å². The van der Waals surface area contributed by atoms with E-state index in [1.165, 1.54) is 0 Å². The van der Waals surface area contributed by atoms with E-state index in [4.69, 9.17) is 0 Å². The van der Waals surface area contributed by atoms with E-state index in [1.54, 1.807) is 12.4 Å². The topological polar surface area (TPSA) is 50.7 Å². The van der Waals surface area contributed by atoms with Gasteiger partial charge in [-0.05, 0) is 32.9 Å². The first-order valence-corrected chi connectivity index (χ1v) is 5.61. The molecule has 0 saturated heterocycles. The van der Waals surface area contributed by atoms with Gasteiger partial charge in [-0.2, -0.15) is 0 Å². The Morgan fingerprint density at radius 1 is 1.00 bits per heavy atom. The largest absolute Gasteiger partial charge is 0.378 e. The van der Waals surface area contributed by atoms with Crippen molar-refractivity contribution in [1.82, 2.24) is 15.0 Å². The fourth-order valence-electron chi connectivity index (χ4n) is 1.66. The van der Waals surface area contributed by atoms with Crippen LogP contribution in [0.2, 0.25) is 0 Å². The minimum absolute atomic E-state index is 0.672. The first-order valence-electron chi connectivity index (χ1n) is 5.61. The van der Waals surface area contributed by atoms with Gasteiger partial charge in [0.25, 0.3) is 0 Å². The average Bonchev–Trinajstić information content (AvgIpc) is 2.30. The van der Waals surface area contributed by atoms with Crippen LogP contribution < -0.4 is 5.32 Å². The van der Waals surface area contributed by atoms with E-state index in [9.17, 15) is 0 Å². The number of pyridine rings is 1. The summed E-state index contributed by atoms with van der Waals surface area (Å²) in [7, 11) is 0. The number of hydrogen-bond donors (Lipinski definition) is 1. The van der Waals surface area contributed by atoms with Crippen LogP contribution in [0.3, 0.4) is 0 Å². The van der Waals surface area contributed by atoms with Crippen LogP contribution in [0, 0.1) is 20.8 Å². The minimum atomic E-state index is 0.672. The Hall–Kier alpha value is -1.97. The SMILES string of the molecule is Cc1ccc(NCc2nccnc2C)c(C)n1. The van der Waals surface area contributed by atoms with Gasteiger partial charge in [0.1, 0.15) is 0 Å². The lowest BCUT2D eigenvalue weighted by Crippen LogP contribution is -2.06. The van der Waals surface area contributed by atoms with E-state index >= 15 is 0 Å². The van der Waals surface area contributed by atoms with Crippen molar-refractivity contribution in [2.45, 2.75) is 27.3 Å². The van der Waals surface area contributed by atoms with Crippen LogP contribution in [-0.2, 0) is 6.54 Å². The molecule has 0 bridgehead atoms. The maximum Gasteiger partial charge on any atom is 0.0806 e. The summed E-state index contributed by atoms with van der Waals surface area (Å²) in [5, 5.41) is 3.33. The summed E-state index contributed by atoms with van der Waals surface area (Å²) in [4.78, 5) is 12.9. The van der Waals surface area contributed by atoms with Crippen molar-refractivity contribution in [1.29, 1.82) is 0 Å². The molecule has 4 heteroatoms. The van der Waals surface area contributed by atoms with Gasteiger partial charge in [-0.15, -0.1) is 0 Å². The first-order chi connectivity index (χ1) is 8.16. The number of aryl methyl sites for hydroxylation is 3. The molecule has 0 aliphatic heterocycles. The van der Waals surface area contributed by atoms with Gasteiger partial charge in [0.2, 0.25) is 0 Å². The minimum Gasteiger partial charge on any atom is -0.378 e. The summed E-state index contributed by atoms with van der Waals surface area (Å²) in [5.74, 6) is 0. The molecule has 0 unspecified atom stereocenters. The van der Waals surface area contributed by atoms with Gasteiger partial charge in [0, 0.05) is 18.1 Å². The molecule has 2 heterocycles. The standard InChI is InChI=1S/C13H16N4/c1-9-4-5-12(11(3)17-9)16-8-13-10(2)14-6-7-15-13/h4-7,16H,8H2,1-3H3. The van der Waals surface area contributed by atoms with Crippen LogP contribution in [-0.4, -0.2) is 15.0 Å². The number of anilines is 1. The average molecular weight is 228 g/mol. The van der Waals surface area contributed by atoms with E-state index in [-0.39, 0.29) is 0 Å². The lowest BCUT2D eigenvalue weighted by molar-refractivity contribution is 0.959. The van der Waals surface area contributed by atoms with Crippen molar-refractivity contribution >= 4 is 5.69 Å². The molecule has 0 aliphatic rings. The van der Waals surface area contributed by atoms with Crippen LogP contribution >= 0.6 is 0 Å². The predicted octanol–water partition coefficient (Wildman–Crippen LogP) is 2.41. The Kier molecular flexibility index (Phi) is 3.32. The third kappa shape index (κ3) is 2.78. The van der Waals surface area contributed by atoms with Crippen LogP contribution in [0.4, 0.5) is 5.69 Å². The van der Waals surface area contributed by atoms with Gasteiger partial charge in [-0.3, -0.25) is 15.0 Å². The molecular weight excluding hydrogens is 212 g/mol. The van der Waals surface area contributed by atoms with E-state index in [1.807, 2.05) is 32.9 Å². The first kappa shape index (κ1) is 11.5. The molecule has 0 radical (unpaired) electrons. The molecule has 0 atom stereocenters. The van der Waals surface area contributed by atoms with Crippen molar-refractivity contribution in [3.05, 3.63) is 47.3 Å². The lowest BCUT2D eigenvalue weighted by atomic mass is 10.2. The smallest absolute Gasteiger partial charge is 0.0806 e.